The molecular weight excluding hydrogens is 356 g/mol. The van der Waals surface area contributed by atoms with E-state index < -0.39 is 23.4 Å². The first-order valence-electron chi connectivity index (χ1n) is 9.12. The first-order chi connectivity index (χ1) is 12.8. The Morgan fingerprint density at radius 2 is 1.44 bits per heavy atom. The SMILES string of the molecule is CCCN(CCC)C(=O)CCCC(=O)Nc1cc(F)c(F)cc1NC(C)=O. The molecule has 1 aromatic rings. The lowest BCUT2D eigenvalue weighted by Crippen LogP contribution is -2.32. The van der Waals surface area contributed by atoms with Gasteiger partial charge in [-0.15, -0.1) is 0 Å². The highest BCUT2D eigenvalue weighted by Crippen LogP contribution is 2.25. The van der Waals surface area contributed by atoms with Crippen LogP contribution in [0, 0.1) is 11.6 Å². The van der Waals surface area contributed by atoms with Crippen molar-refractivity contribution in [3.8, 4) is 0 Å². The van der Waals surface area contributed by atoms with Gasteiger partial charge in [-0.05, 0) is 19.3 Å². The van der Waals surface area contributed by atoms with E-state index in [0.29, 0.717) is 19.5 Å². The number of nitrogens with zero attached hydrogens (tertiary/aromatic N) is 1. The predicted molar refractivity (Wildman–Crippen MR) is 100 cm³/mol. The normalized spacial score (nSPS) is 10.4. The maximum absolute atomic E-state index is 13.4. The molecule has 1 aromatic carbocycles. The summed E-state index contributed by atoms with van der Waals surface area (Å²) < 4.78 is 26.8. The Balaban J connectivity index is 2.63. The van der Waals surface area contributed by atoms with Crippen molar-refractivity contribution in [2.75, 3.05) is 23.7 Å². The van der Waals surface area contributed by atoms with Crippen LogP contribution in [0.25, 0.3) is 0 Å². The maximum Gasteiger partial charge on any atom is 0.224 e. The standard InChI is InChI=1S/C19H27F2N3O3/c1-4-9-24(10-5-2)19(27)8-6-7-18(26)23-17-12-15(21)14(20)11-16(17)22-13(3)25/h11-12H,4-10H2,1-3H3,(H,22,25)(H,23,26). The molecule has 0 atom stereocenters. The fourth-order valence-electron chi connectivity index (χ4n) is 2.62. The van der Waals surface area contributed by atoms with Crippen LogP contribution < -0.4 is 10.6 Å². The minimum absolute atomic E-state index is 0.00161. The zero-order valence-corrected chi connectivity index (χ0v) is 16.0. The second-order valence-electron chi connectivity index (χ2n) is 6.28. The average molecular weight is 383 g/mol. The Morgan fingerprint density at radius 3 is 1.93 bits per heavy atom. The molecule has 0 fully saturated rings. The van der Waals surface area contributed by atoms with Gasteiger partial charge in [-0.3, -0.25) is 14.4 Å². The Kier molecular flexibility index (Phi) is 9.39. The van der Waals surface area contributed by atoms with E-state index >= 15 is 0 Å². The monoisotopic (exact) mass is 383 g/mol. The van der Waals surface area contributed by atoms with E-state index in [4.69, 9.17) is 0 Å². The Morgan fingerprint density at radius 1 is 0.926 bits per heavy atom. The summed E-state index contributed by atoms with van der Waals surface area (Å²) in [4.78, 5) is 37.2. The maximum atomic E-state index is 13.4. The first kappa shape index (κ1) is 22.5. The van der Waals surface area contributed by atoms with E-state index in [-0.39, 0.29) is 30.1 Å². The highest BCUT2D eigenvalue weighted by Gasteiger charge is 2.15. The third-order valence-electron chi connectivity index (χ3n) is 3.78. The molecule has 0 bridgehead atoms. The summed E-state index contributed by atoms with van der Waals surface area (Å²) in [5, 5.41) is 4.80. The molecule has 0 unspecified atom stereocenters. The van der Waals surface area contributed by atoms with E-state index in [1.54, 1.807) is 4.90 Å². The Labute approximate surface area is 158 Å². The van der Waals surface area contributed by atoms with Crippen LogP contribution in [0.3, 0.4) is 0 Å². The third kappa shape index (κ3) is 7.72. The van der Waals surface area contributed by atoms with Crippen molar-refractivity contribution in [2.24, 2.45) is 0 Å². The fraction of sp³-hybridized carbons (Fsp3) is 0.526. The quantitative estimate of drug-likeness (QED) is 0.647. The second kappa shape index (κ2) is 11.3. The summed E-state index contributed by atoms with van der Waals surface area (Å²) in [5.74, 6) is -3.19. The van der Waals surface area contributed by atoms with E-state index in [2.05, 4.69) is 10.6 Å². The van der Waals surface area contributed by atoms with Gasteiger partial charge in [-0.1, -0.05) is 13.8 Å². The molecule has 0 spiro atoms. The predicted octanol–water partition coefficient (Wildman–Crippen LogP) is 3.68. The summed E-state index contributed by atoms with van der Waals surface area (Å²) in [6, 6.07) is 1.62. The number of anilines is 2. The van der Waals surface area contributed by atoms with Crippen LogP contribution in [0.1, 0.15) is 52.9 Å². The lowest BCUT2D eigenvalue weighted by molar-refractivity contribution is -0.131. The van der Waals surface area contributed by atoms with E-state index in [0.717, 1.165) is 25.0 Å². The van der Waals surface area contributed by atoms with Crippen molar-refractivity contribution in [3.05, 3.63) is 23.8 Å². The van der Waals surface area contributed by atoms with Gasteiger partial charge in [-0.25, -0.2) is 8.78 Å². The average Bonchev–Trinajstić information content (AvgIpc) is 2.58. The molecule has 8 heteroatoms. The summed E-state index contributed by atoms with van der Waals surface area (Å²) in [6.07, 6.45) is 2.37. The number of amides is 3. The van der Waals surface area contributed by atoms with Crippen molar-refractivity contribution >= 4 is 29.1 Å². The lowest BCUT2D eigenvalue weighted by atomic mass is 10.2. The fourth-order valence-corrected chi connectivity index (χ4v) is 2.62. The number of rotatable bonds is 10. The molecule has 0 aliphatic carbocycles. The molecule has 0 saturated heterocycles. The number of carbonyl (C=O) groups is 3. The Bertz CT molecular complexity index is 674. The van der Waals surface area contributed by atoms with E-state index in [1.807, 2.05) is 13.8 Å². The number of hydrogen-bond acceptors (Lipinski definition) is 3. The van der Waals surface area contributed by atoms with Crippen LogP contribution in [0.5, 0.6) is 0 Å². The van der Waals surface area contributed by atoms with E-state index in [1.165, 1.54) is 6.92 Å². The zero-order valence-electron chi connectivity index (χ0n) is 16.0. The molecule has 0 saturated carbocycles. The lowest BCUT2D eigenvalue weighted by Gasteiger charge is -2.21. The zero-order chi connectivity index (χ0) is 20.4. The van der Waals surface area contributed by atoms with Crippen molar-refractivity contribution < 1.29 is 23.2 Å². The van der Waals surface area contributed by atoms with Crippen LogP contribution in [-0.4, -0.2) is 35.7 Å². The number of halogens is 2. The highest BCUT2D eigenvalue weighted by atomic mass is 19.2. The van der Waals surface area contributed by atoms with Crippen molar-refractivity contribution in [3.63, 3.8) is 0 Å². The van der Waals surface area contributed by atoms with Gasteiger partial charge in [0.05, 0.1) is 11.4 Å². The van der Waals surface area contributed by atoms with Gasteiger partial charge in [0.15, 0.2) is 11.6 Å². The summed E-state index contributed by atoms with van der Waals surface area (Å²) in [6.45, 7) is 6.59. The minimum atomic E-state index is -1.13. The molecule has 0 heterocycles. The molecule has 150 valence electrons. The smallest absolute Gasteiger partial charge is 0.224 e. The molecule has 0 aliphatic heterocycles. The van der Waals surface area contributed by atoms with Gasteiger partial charge < -0.3 is 15.5 Å². The summed E-state index contributed by atoms with van der Waals surface area (Å²) in [5.41, 5.74) is -0.0538. The number of nitrogens with one attached hydrogen (secondary N) is 2. The molecular formula is C19H27F2N3O3. The first-order valence-corrected chi connectivity index (χ1v) is 9.12. The van der Waals surface area contributed by atoms with Crippen LogP contribution >= 0.6 is 0 Å². The van der Waals surface area contributed by atoms with Crippen LogP contribution in [0.15, 0.2) is 12.1 Å². The second-order valence-corrected chi connectivity index (χ2v) is 6.28. The largest absolute Gasteiger partial charge is 0.343 e. The van der Waals surface area contributed by atoms with Crippen LogP contribution in [0.2, 0.25) is 0 Å². The molecule has 2 N–H and O–H groups in total. The van der Waals surface area contributed by atoms with Crippen molar-refractivity contribution in [1.29, 1.82) is 0 Å². The Hall–Kier alpha value is -2.51. The third-order valence-corrected chi connectivity index (χ3v) is 3.78. The van der Waals surface area contributed by atoms with Crippen molar-refractivity contribution in [1.82, 2.24) is 4.90 Å². The molecule has 0 aromatic heterocycles. The molecule has 6 nitrogen and oxygen atoms in total. The summed E-state index contributed by atoms with van der Waals surface area (Å²) >= 11 is 0. The van der Waals surface area contributed by atoms with Gasteiger partial charge >= 0.3 is 0 Å². The van der Waals surface area contributed by atoms with Gasteiger partial charge in [0.25, 0.3) is 0 Å². The number of hydrogen-bond donors (Lipinski definition) is 2. The minimum Gasteiger partial charge on any atom is -0.343 e. The van der Waals surface area contributed by atoms with Gasteiger partial charge in [0.2, 0.25) is 17.7 Å². The molecule has 1 rings (SSSR count). The molecule has 27 heavy (non-hydrogen) atoms. The van der Waals surface area contributed by atoms with Crippen LogP contribution in [-0.2, 0) is 14.4 Å². The molecule has 0 radical (unpaired) electrons. The number of benzene rings is 1. The van der Waals surface area contributed by atoms with E-state index in [9.17, 15) is 23.2 Å². The highest BCUT2D eigenvalue weighted by molar-refractivity contribution is 5.99. The summed E-state index contributed by atoms with van der Waals surface area (Å²) in [7, 11) is 0. The van der Waals surface area contributed by atoms with Gasteiger partial charge in [0, 0.05) is 45.0 Å². The number of carbonyl (C=O) groups excluding carboxylic acids is 3. The molecule has 0 aliphatic rings. The van der Waals surface area contributed by atoms with Gasteiger partial charge in [-0.2, -0.15) is 0 Å². The van der Waals surface area contributed by atoms with Crippen LogP contribution in [0.4, 0.5) is 20.2 Å². The topological polar surface area (TPSA) is 78.5 Å². The van der Waals surface area contributed by atoms with Gasteiger partial charge in [0.1, 0.15) is 0 Å². The molecule has 3 amide bonds. The van der Waals surface area contributed by atoms with Crippen molar-refractivity contribution in [2.45, 2.75) is 52.9 Å².